The van der Waals surface area contributed by atoms with Crippen molar-refractivity contribution in [1.29, 1.82) is 0 Å². The molecule has 0 bridgehead atoms. The predicted octanol–water partition coefficient (Wildman–Crippen LogP) is 1.11. The average Bonchev–Trinajstić information content (AvgIpc) is 3.13. The Hall–Kier alpha value is -3.75. The Labute approximate surface area is 177 Å². The fourth-order valence-electron chi connectivity index (χ4n) is 3.92. The molecule has 0 N–H and O–H groups in total. The van der Waals surface area contributed by atoms with Crippen molar-refractivity contribution in [3.8, 4) is 11.5 Å². The summed E-state index contributed by atoms with van der Waals surface area (Å²) in [6.07, 6.45) is -0.701. The van der Waals surface area contributed by atoms with Crippen LogP contribution in [0.15, 0.2) is 57.7 Å². The van der Waals surface area contributed by atoms with E-state index in [0.29, 0.717) is 48.8 Å². The predicted molar refractivity (Wildman–Crippen MR) is 110 cm³/mol. The molecule has 1 aromatic heterocycles. The van der Waals surface area contributed by atoms with Crippen LogP contribution in [-0.4, -0.2) is 65.1 Å². The Kier molecular flexibility index (Phi) is 4.85. The van der Waals surface area contributed by atoms with Crippen molar-refractivity contribution in [2.45, 2.75) is 12.6 Å². The van der Waals surface area contributed by atoms with Crippen LogP contribution in [0.2, 0.25) is 0 Å². The van der Waals surface area contributed by atoms with Crippen LogP contribution in [0.3, 0.4) is 0 Å². The maximum Gasteiger partial charge on any atom is 0.420 e. The van der Waals surface area contributed by atoms with E-state index in [4.69, 9.17) is 13.9 Å². The van der Waals surface area contributed by atoms with E-state index in [1.807, 2.05) is 12.1 Å². The highest BCUT2D eigenvalue weighted by molar-refractivity contribution is 5.83. The number of aromatic nitrogens is 1. The van der Waals surface area contributed by atoms with Gasteiger partial charge in [-0.05, 0) is 24.3 Å². The summed E-state index contributed by atoms with van der Waals surface area (Å²) in [5.41, 5.74) is 1.04. The van der Waals surface area contributed by atoms with Crippen molar-refractivity contribution in [3.05, 3.63) is 59.1 Å². The van der Waals surface area contributed by atoms with Gasteiger partial charge in [-0.25, -0.2) is 4.79 Å². The molecule has 1 atom stereocenters. The fraction of sp³-hybridized carbons (Fsp3) is 0.318. The molecular weight excluding hydrogens is 402 g/mol. The van der Waals surface area contributed by atoms with E-state index in [1.165, 1.54) is 4.57 Å². The highest BCUT2D eigenvalue weighted by atomic mass is 16.6. The van der Waals surface area contributed by atoms with Crippen molar-refractivity contribution < 1.29 is 23.5 Å². The molecular formula is C22H21N3O6. The van der Waals surface area contributed by atoms with Gasteiger partial charge in [0.15, 0.2) is 17.1 Å². The van der Waals surface area contributed by atoms with Crippen molar-refractivity contribution in [1.82, 2.24) is 14.4 Å². The first-order valence-electron chi connectivity index (χ1n) is 10.1. The first-order valence-corrected chi connectivity index (χ1v) is 10.1. The van der Waals surface area contributed by atoms with Gasteiger partial charge >= 0.3 is 5.76 Å². The quantitative estimate of drug-likeness (QED) is 0.626. The van der Waals surface area contributed by atoms with Gasteiger partial charge in [0.05, 0.1) is 5.52 Å². The smallest absolute Gasteiger partial charge is 0.420 e. The number of para-hydroxylation sites is 4. The minimum atomic E-state index is -0.701. The molecule has 0 radical (unpaired) electrons. The molecule has 5 rings (SSSR count). The summed E-state index contributed by atoms with van der Waals surface area (Å²) in [7, 11) is 0. The summed E-state index contributed by atoms with van der Waals surface area (Å²) in [5.74, 6) is 0.284. The number of carbonyl (C=O) groups is 2. The van der Waals surface area contributed by atoms with E-state index in [-0.39, 0.29) is 25.0 Å². The van der Waals surface area contributed by atoms with E-state index in [2.05, 4.69) is 0 Å². The minimum Gasteiger partial charge on any atom is -0.485 e. The summed E-state index contributed by atoms with van der Waals surface area (Å²) in [4.78, 5) is 41.1. The molecule has 9 heteroatoms. The van der Waals surface area contributed by atoms with E-state index in [9.17, 15) is 14.4 Å². The fourth-order valence-corrected chi connectivity index (χ4v) is 3.92. The zero-order valence-electron chi connectivity index (χ0n) is 16.7. The molecule has 1 saturated heterocycles. The lowest BCUT2D eigenvalue weighted by Gasteiger charge is -2.37. The third kappa shape index (κ3) is 3.63. The highest BCUT2D eigenvalue weighted by Crippen LogP contribution is 2.31. The van der Waals surface area contributed by atoms with Crippen LogP contribution in [0, 0.1) is 0 Å². The summed E-state index contributed by atoms with van der Waals surface area (Å²) < 4.78 is 18.0. The van der Waals surface area contributed by atoms with Crippen LogP contribution < -0.4 is 15.2 Å². The van der Waals surface area contributed by atoms with Gasteiger partial charge in [0.25, 0.3) is 5.91 Å². The minimum absolute atomic E-state index is 0.0971. The topological polar surface area (TPSA) is 94.2 Å². The summed E-state index contributed by atoms with van der Waals surface area (Å²) >= 11 is 0. The van der Waals surface area contributed by atoms with Crippen molar-refractivity contribution in [3.63, 3.8) is 0 Å². The Morgan fingerprint density at radius 3 is 2.39 bits per heavy atom. The second-order valence-electron chi connectivity index (χ2n) is 7.49. The largest absolute Gasteiger partial charge is 0.485 e. The maximum atomic E-state index is 12.8. The molecule has 2 aliphatic rings. The molecule has 0 saturated carbocycles. The number of benzene rings is 2. The number of oxazole rings is 1. The third-order valence-electron chi connectivity index (χ3n) is 5.60. The monoisotopic (exact) mass is 423 g/mol. The van der Waals surface area contributed by atoms with Crippen LogP contribution in [0.5, 0.6) is 11.5 Å². The second-order valence-corrected chi connectivity index (χ2v) is 7.49. The molecule has 160 valence electrons. The Balaban J connectivity index is 1.19. The van der Waals surface area contributed by atoms with E-state index in [1.54, 1.807) is 46.2 Å². The summed E-state index contributed by atoms with van der Waals surface area (Å²) in [6.45, 7) is 1.63. The van der Waals surface area contributed by atoms with Crippen LogP contribution >= 0.6 is 0 Å². The zero-order chi connectivity index (χ0) is 21.4. The summed E-state index contributed by atoms with van der Waals surface area (Å²) in [6, 6.07) is 14.2. The number of amides is 2. The lowest BCUT2D eigenvalue weighted by atomic mass is 10.2. The normalized spacial score (nSPS) is 18.3. The van der Waals surface area contributed by atoms with Gasteiger partial charge in [-0.2, -0.15) is 0 Å². The van der Waals surface area contributed by atoms with Crippen LogP contribution in [0.1, 0.15) is 0 Å². The van der Waals surface area contributed by atoms with Gasteiger partial charge in [-0.3, -0.25) is 14.2 Å². The van der Waals surface area contributed by atoms with Gasteiger partial charge in [0.1, 0.15) is 13.2 Å². The Morgan fingerprint density at radius 1 is 0.903 bits per heavy atom. The third-order valence-corrected chi connectivity index (χ3v) is 5.60. The maximum absolute atomic E-state index is 12.8. The van der Waals surface area contributed by atoms with Gasteiger partial charge in [-0.1, -0.05) is 24.3 Å². The lowest BCUT2D eigenvalue weighted by Crippen LogP contribution is -2.55. The van der Waals surface area contributed by atoms with Gasteiger partial charge in [0, 0.05) is 26.2 Å². The van der Waals surface area contributed by atoms with Crippen molar-refractivity contribution in [2.24, 2.45) is 0 Å². The number of hydrogen-bond donors (Lipinski definition) is 0. The SMILES string of the molecule is O=C(Cn1c(=O)oc2ccccc21)N1CCN(C(=O)C2COc3ccccc3O2)CC1. The molecule has 1 fully saturated rings. The first kappa shape index (κ1) is 19.2. The van der Waals surface area contributed by atoms with Gasteiger partial charge in [0.2, 0.25) is 12.0 Å². The molecule has 0 spiro atoms. The van der Waals surface area contributed by atoms with E-state index in [0.717, 1.165) is 0 Å². The number of rotatable bonds is 3. The van der Waals surface area contributed by atoms with Crippen LogP contribution in [0.4, 0.5) is 0 Å². The number of carbonyl (C=O) groups excluding carboxylic acids is 2. The molecule has 2 amide bonds. The van der Waals surface area contributed by atoms with E-state index < -0.39 is 11.9 Å². The molecule has 3 aromatic rings. The molecule has 3 heterocycles. The number of hydrogen-bond acceptors (Lipinski definition) is 6. The molecule has 2 aliphatic heterocycles. The van der Waals surface area contributed by atoms with Gasteiger partial charge in [-0.15, -0.1) is 0 Å². The second kappa shape index (κ2) is 7.82. The number of nitrogens with zero attached hydrogens (tertiary/aromatic N) is 3. The number of ether oxygens (including phenoxy) is 2. The zero-order valence-corrected chi connectivity index (χ0v) is 16.7. The van der Waals surface area contributed by atoms with Crippen molar-refractivity contribution in [2.75, 3.05) is 32.8 Å². The Bertz CT molecular complexity index is 1190. The average molecular weight is 423 g/mol. The van der Waals surface area contributed by atoms with E-state index >= 15 is 0 Å². The number of piperazine rings is 1. The molecule has 31 heavy (non-hydrogen) atoms. The highest BCUT2D eigenvalue weighted by Gasteiger charge is 2.33. The number of fused-ring (bicyclic) bond motifs is 2. The first-order chi connectivity index (χ1) is 15.1. The Morgan fingerprint density at radius 2 is 1.58 bits per heavy atom. The molecule has 0 aliphatic carbocycles. The summed E-state index contributed by atoms with van der Waals surface area (Å²) in [5, 5.41) is 0. The standard InChI is InChI=1S/C22H21N3O6/c26-20(13-25-15-5-1-2-6-16(15)31-22(25)28)23-9-11-24(12-10-23)21(27)19-14-29-17-7-3-4-8-18(17)30-19/h1-8,19H,9-14H2. The molecule has 1 unspecified atom stereocenters. The molecule has 2 aromatic carbocycles. The van der Waals surface area contributed by atoms with Crippen molar-refractivity contribution >= 4 is 22.9 Å². The van der Waals surface area contributed by atoms with Crippen LogP contribution in [-0.2, 0) is 16.1 Å². The molecule has 9 nitrogen and oxygen atoms in total. The van der Waals surface area contributed by atoms with Crippen LogP contribution in [0.25, 0.3) is 11.1 Å². The van der Waals surface area contributed by atoms with Gasteiger partial charge < -0.3 is 23.7 Å². The lowest BCUT2D eigenvalue weighted by molar-refractivity contribution is -0.146.